The molecule has 1 aliphatic heterocycles. The van der Waals surface area contributed by atoms with Crippen molar-refractivity contribution in [2.75, 3.05) is 12.0 Å². The van der Waals surface area contributed by atoms with Crippen LogP contribution in [0.25, 0.3) is 0 Å². The Kier molecular flexibility index (Phi) is 7.10. The van der Waals surface area contributed by atoms with Gasteiger partial charge in [0.15, 0.2) is 0 Å². The Bertz CT molecular complexity index is 1090. The zero-order chi connectivity index (χ0) is 24.2. The lowest BCUT2D eigenvalue weighted by Gasteiger charge is -2.35. The molecule has 178 valence electrons. The molecular formula is C27H30N2O5. The molecule has 1 heterocycles. The number of imide groups is 1. The lowest BCUT2D eigenvalue weighted by molar-refractivity contribution is -0.123. The zero-order valence-electron chi connectivity index (χ0n) is 19.7. The second kappa shape index (κ2) is 10.2. The molecule has 7 nitrogen and oxygen atoms in total. The molecule has 2 aliphatic rings. The average molecular weight is 463 g/mol. The fraction of sp³-hybridized carbons (Fsp3) is 0.407. The van der Waals surface area contributed by atoms with Crippen LogP contribution in [0.4, 0.5) is 5.69 Å². The smallest absolute Gasteiger partial charge is 0.337 e. The van der Waals surface area contributed by atoms with Crippen LogP contribution in [0.1, 0.15) is 71.2 Å². The molecular weight excluding hydrogens is 432 g/mol. The first-order valence-corrected chi connectivity index (χ1v) is 11.8. The molecule has 0 bridgehead atoms. The minimum absolute atomic E-state index is 0.0500. The third-order valence-corrected chi connectivity index (χ3v) is 6.72. The lowest BCUT2D eigenvalue weighted by atomic mass is 10.0. The van der Waals surface area contributed by atoms with Gasteiger partial charge >= 0.3 is 5.97 Å². The van der Waals surface area contributed by atoms with E-state index in [4.69, 9.17) is 4.74 Å². The summed E-state index contributed by atoms with van der Waals surface area (Å²) in [5.74, 6) is -1.45. The Morgan fingerprint density at radius 2 is 1.62 bits per heavy atom. The van der Waals surface area contributed by atoms with Crippen molar-refractivity contribution in [3.8, 4) is 0 Å². The average Bonchev–Trinajstić information content (AvgIpc) is 3.00. The molecule has 1 saturated heterocycles. The predicted octanol–water partition coefficient (Wildman–Crippen LogP) is 4.28. The predicted molar refractivity (Wildman–Crippen MR) is 128 cm³/mol. The highest BCUT2D eigenvalue weighted by Gasteiger charge is 2.46. The van der Waals surface area contributed by atoms with E-state index in [0.717, 1.165) is 49.0 Å². The van der Waals surface area contributed by atoms with E-state index in [-0.39, 0.29) is 24.3 Å². The fourth-order valence-electron chi connectivity index (χ4n) is 4.99. The van der Waals surface area contributed by atoms with Gasteiger partial charge in [-0.25, -0.2) is 9.69 Å². The van der Waals surface area contributed by atoms with Crippen LogP contribution in [0, 0.1) is 6.92 Å². The first-order valence-electron chi connectivity index (χ1n) is 11.8. The van der Waals surface area contributed by atoms with E-state index in [0.29, 0.717) is 16.8 Å². The summed E-state index contributed by atoms with van der Waals surface area (Å²) in [5.41, 5.74) is 2.21. The Balaban J connectivity index is 1.66. The number of amides is 3. The quantitative estimate of drug-likeness (QED) is 0.376. The highest BCUT2D eigenvalue weighted by Crippen LogP contribution is 2.32. The number of benzene rings is 2. The molecule has 0 aromatic heterocycles. The number of hydrogen-bond acceptors (Lipinski definition) is 5. The number of methoxy groups -OCH3 is 1. The number of anilines is 1. The lowest BCUT2D eigenvalue weighted by Crippen LogP contribution is -2.50. The van der Waals surface area contributed by atoms with Crippen LogP contribution in [0.3, 0.4) is 0 Å². The van der Waals surface area contributed by atoms with Crippen molar-refractivity contribution in [3.05, 3.63) is 65.2 Å². The van der Waals surface area contributed by atoms with E-state index in [1.165, 1.54) is 19.2 Å². The van der Waals surface area contributed by atoms with Crippen LogP contribution in [-0.4, -0.2) is 47.8 Å². The summed E-state index contributed by atoms with van der Waals surface area (Å²) in [7, 11) is 1.29. The number of hydrogen-bond donors (Lipinski definition) is 0. The van der Waals surface area contributed by atoms with Gasteiger partial charge in [0.2, 0.25) is 5.91 Å². The van der Waals surface area contributed by atoms with Gasteiger partial charge in [0.1, 0.15) is 6.04 Å². The Labute approximate surface area is 199 Å². The van der Waals surface area contributed by atoms with Crippen molar-refractivity contribution < 1.29 is 23.9 Å². The molecule has 1 aliphatic carbocycles. The minimum Gasteiger partial charge on any atom is -0.465 e. The Morgan fingerprint density at radius 1 is 0.941 bits per heavy atom. The number of ether oxygens (including phenoxy) is 1. The second-order valence-electron chi connectivity index (χ2n) is 9.05. The maximum Gasteiger partial charge on any atom is 0.337 e. The van der Waals surface area contributed by atoms with Gasteiger partial charge < -0.3 is 9.64 Å². The second-order valence-corrected chi connectivity index (χ2v) is 9.05. The number of carbonyl (C=O) groups is 4. The van der Waals surface area contributed by atoms with Gasteiger partial charge in [0.25, 0.3) is 11.8 Å². The zero-order valence-corrected chi connectivity index (χ0v) is 19.7. The maximum atomic E-state index is 13.7. The SMILES string of the molecule is COC(=O)c1ccc(N2C(=O)CC(N(C(=O)c3cccc(C)c3)C3CCCCCC3)C2=O)cc1. The summed E-state index contributed by atoms with van der Waals surface area (Å²) in [4.78, 5) is 54.9. The third-order valence-electron chi connectivity index (χ3n) is 6.72. The normalized spacial score (nSPS) is 19.1. The largest absolute Gasteiger partial charge is 0.465 e. The van der Waals surface area contributed by atoms with Gasteiger partial charge in [-0.3, -0.25) is 14.4 Å². The van der Waals surface area contributed by atoms with Crippen LogP contribution in [0.15, 0.2) is 48.5 Å². The first-order chi connectivity index (χ1) is 16.4. The number of carbonyl (C=O) groups excluding carboxylic acids is 4. The highest BCUT2D eigenvalue weighted by molar-refractivity contribution is 6.23. The summed E-state index contributed by atoms with van der Waals surface area (Å²) in [5, 5.41) is 0. The summed E-state index contributed by atoms with van der Waals surface area (Å²) in [6.07, 6.45) is 5.81. The van der Waals surface area contributed by atoms with Crippen molar-refractivity contribution in [2.45, 2.75) is 64.0 Å². The van der Waals surface area contributed by atoms with Crippen LogP contribution in [-0.2, 0) is 14.3 Å². The van der Waals surface area contributed by atoms with Crippen molar-refractivity contribution >= 4 is 29.4 Å². The van der Waals surface area contributed by atoms with Gasteiger partial charge in [-0.15, -0.1) is 0 Å². The number of rotatable bonds is 5. The van der Waals surface area contributed by atoms with Crippen LogP contribution in [0.5, 0.6) is 0 Å². The van der Waals surface area contributed by atoms with Crippen molar-refractivity contribution in [1.82, 2.24) is 4.90 Å². The fourth-order valence-corrected chi connectivity index (χ4v) is 4.99. The van der Waals surface area contributed by atoms with Gasteiger partial charge in [-0.1, -0.05) is 43.4 Å². The van der Waals surface area contributed by atoms with Gasteiger partial charge in [0.05, 0.1) is 24.8 Å². The number of aryl methyl sites for hydroxylation is 1. The molecule has 3 amide bonds. The molecule has 7 heteroatoms. The van der Waals surface area contributed by atoms with Crippen LogP contribution < -0.4 is 4.90 Å². The molecule has 34 heavy (non-hydrogen) atoms. The molecule has 2 aromatic carbocycles. The standard InChI is InChI=1S/C27H30N2O5/c1-18-8-7-9-20(16-18)25(31)28(21-10-5-3-4-6-11-21)23-17-24(30)29(26(23)32)22-14-12-19(13-15-22)27(33)34-2/h7-9,12-16,21,23H,3-6,10-11,17H2,1-2H3. The van der Waals surface area contributed by atoms with E-state index in [9.17, 15) is 19.2 Å². The van der Waals surface area contributed by atoms with Crippen molar-refractivity contribution in [3.63, 3.8) is 0 Å². The summed E-state index contributed by atoms with van der Waals surface area (Å²) < 4.78 is 4.72. The van der Waals surface area contributed by atoms with E-state index < -0.39 is 17.9 Å². The monoisotopic (exact) mass is 462 g/mol. The maximum absolute atomic E-state index is 13.7. The number of nitrogens with zero attached hydrogens (tertiary/aromatic N) is 2. The van der Waals surface area contributed by atoms with Gasteiger partial charge in [0, 0.05) is 11.6 Å². The van der Waals surface area contributed by atoms with E-state index in [1.807, 2.05) is 25.1 Å². The number of esters is 1. The molecule has 2 fully saturated rings. The first kappa shape index (κ1) is 23.7. The minimum atomic E-state index is -0.844. The third kappa shape index (κ3) is 4.74. The molecule has 0 N–H and O–H groups in total. The van der Waals surface area contributed by atoms with Crippen molar-refractivity contribution in [1.29, 1.82) is 0 Å². The van der Waals surface area contributed by atoms with Crippen LogP contribution in [0.2, 0.25) is 0 Å². The Hall–Kier alpha value is -3.48. The molecule has 1 saturated carbocycles. The topological polar surface area (TPSA) is 84.0 Å². The molecule has 0 radical (unpaired) electrons. The van der Waals surface area contributed by atoms with Crippen molar-refractivity contribution in [2.24, 2.45) is 0 Å². The Morgan fingerprint density at radius 3 is 2.24 bits per heavy atom. The van der Waals surface area contributed by atoms with Crippen LogP contribution >= 0.6 is 0 Å². The van der Waals surface area contributed by atoms with Gasteiger partial charge in [-0.2, -0.15) is 0 Å². The molecule has 4 rings (SSSR count). The molecule has 1 atom stereocenters. The molecule has 2 aromatic rings. The summed E-state index contributed by atoms with van der Waals surface area (Å²) in [6, 6.07) is 12.6. The molecule has 1 unspecified atom stereocenters. The van der Waals surface area contributed by atoms with Gasteiger partial charge in [-0.05, 0) is 56.2 Å². The van der Waals surface area contributed by atoms with E-state index in [1.54, 1.807) is 23.1 Å². The summed E-state index contributed by atoms with van der Waals surface area (Å²) >= 11 is 0. The summed E-state index contributed by atoms with van der Waals surface area (Å²) in [6.45, 7) is 1.93. The van der Waals surface area contributed by atoms with E-state index in [2.05, 4.69) is 0 Å². The highest BCUT2D eigenvalue weighted by atomic mass is 16.5. The molecule has 0 spiro atoms. The van der Waals surface area contributed by atoms with E-state index >= 15 is 0 Å².